The molecule has 0 saturated carbocycles. The lowest BCUT2D eigenvalue weighted by Crippen LogP contribution is -2.49. The highest BCUT2D eigenvalue weighted by molar-refractivity contribution is 6.00. The molecular weight excluding hydrogens is 394 g/mol. The summed E-state index contributed by atoms with van der Waals surface area (Å²) in [5.41, 5.74) is 5.43. The molecule has 4 rings (SSSR count). The molecule has 31 heavy (non-hydrogen) atoms. The molecular formula is C24H25N3O4. The van der Waals surface area contributed by atoms with Gasteiger partial charge in [0.05, 0.1) is 17.3 Å². The van der Waals surface area contributed by atoms with Crippen molar-refractivity contribution < 1.29 is 19.1 Å². The molecule has 1 atom stereocenters. The first-order valence-corrected chi connectivity index (χ1v) is 10.3. The third kappa shape index (κ3) is 3.91. The average Bonchev–Trinajstić information content (AvgIpc) is 3.13. The largest absolute Gasteiger partial charge is 0.456 e. The van der Waals surface area contributed by atoms with Crippen LogP contribution in [0, 0.1) is 13.8 Å². The molecule has 0 saturated heterocycles. The summed E-state index contributed by atoms with van der Waals surface area (Å²) in [7, 11) is 0. The molecule has 3 amide bonds. The Kier molecular flexibility index (Phi) is 5.50. The number of urea groups is 1. The Morgan fingerprint density at radius 1 is 1.16 bits per heavy atom. The second kappa shape index (κ2) is 8.26. The van der Waals surface area contributed by atoms with Crippen LogP contribution in [0.3, 0.4) is 0 Å². The molecule has 7 heteroatoms. The van der Waals surface area contributed by atoms with Gasteiger partial charge in [-0.05, 0) is 37.0 Å². The molecule has 0 aliphatic carbocycles. The van der Waals surface area contributed by atoms with Crippen LogP contribution in [0.15, 0.2) is 53.7 Å². The SMILES string of the molecule is CCc1cccc(C)c1NC(=O)CN1C(=O)N[C@@H](c2ccc(C)cc2)C2=C1COC2=O. The minimum absolute atomic E-state index is 0.0260. The van der Waals surface area contributed by atoms with E-state index in [1.807, 2.05) is 63.2 Å². The van der Waals surface area contributed by atoms with Gasteiger partial charge in [0.25, 0.3) is 0 Å². The highest BCUT2D eigenvalue weighted by Crippen LogP contribution is 2.35. The fourth-order valence-corrected chi connectivity index (χ4v) is 4.01. The van der Waals surface area contributed by atoms with E-state index in [0.29, 0.717) is 11.3 Å². The predicted octanol–water partition coefficient (Wildman–Crippen LogP) is 3.38. The van der Waals surface area contributed by atoms with Crippen molar-refractivity contribution in [3.05, 3.63) is 76.0 Å². The summed E-state index contributed by atoms with van der Waals surface area (Å²) in [5, 5.41) is 5.78. The first-order valence-electron chi connectivity index (χ1n) is 10.3. The Balaban J connectivity index is 1.60. The maximum Gasteiger partial charge on any atom is 0.338 e. The van der Waals surface area contributed by atoms with E-state index in [1.54, 1.807) is 0 Å². The van der Waals surface area contributed by atoms with Crippen molar-refractivity contribution in [2.45, 2.75) is 33.2 Å². The van der Waals surface area contributed by atoms with Crippen LogP contribution in [0.4, 0.5) is 10.5 Å². The second-order valence-corrected chi connectivity index (χ2v) is 7.83. The summed E-state index contributed by atoms with van der Waals surface area (Å²) in [4.78, 5) is 39.5. The lowest BCUT2D eigenvalue weighted by molar-refractivity contribution is -0.136. The van der Waals surface area contributed by atoms with Crippen LogP contribution < -0.4 is 10.6 Å². The number of esters is 1. The summed E-state index contributed by atoms with van der Waals surface area (Å²) >= 11 is 0. The highest BCUT2D eigenvalue weighted by Gasteiger charge is 2.42. The van der Waals surface area contributed by atoms with E-state index in [1.165, 1.54) is 4.90 Å². The van der Waals surface area contributed by atoms with Crippen molar-refractivity contribution in [2.75, 3.05) is 18.5 Å². The number of para-hydroxylation sites is 1. The van der Waals surface area contributed by atoms with Crippen LogP contribution in [0.5, 0.6) is 0 Å². The molecule has 0 spiro atoms. The number of rotatable bonds is 5. The van der Waals surface area contributed by atoms with Crippen LogP contribution in [0.25, 0.3) is 0 Å². The van der Waals surface area contributed by atoms with Gasteiger partial charge in [-0.3, -0.25) is 9.69 Å². The average molecular weight is 419 g/mol. The Bertz CT molecular complexity index is 1090. The first kappa shape index (κ1) is 20.7. The maximum absolute atomic E-state index is 12.9. The van der Waals surface area contributed by atoms with Crippen molar-refractivity contribution in [1.82, 2.24) is 10.2 Å². The Morgan fingerprint density at radius 2 is 1.90 bits per heavy atom. The number of nitrogens with zero attached hydrogens (tertiary/aromatic N) is 1. The number of amides is 3. The molecule has 2 aliphatic heterocycles. The van der Waals surface area contributed by atoms with Gasteiger partial charge >= 0.3 is 12.0 Å². The number of aryl methyl sites for hydroxylation is 3. The van der Waals surface area contributed by atoms with Crippen LogP contribution >= 0.6 is 0 Å². The van der Waals surface area contributed by atoms with Crippen molar-refractivity contribution in [1.29, 1.82) is 0 Å². The molecule has 0 fully saturated rings. The molecule has 0 unspecified atom stereocenters. The summed E-state index contributed by atoms with van der Waals surface area (Å²) < 4.78 is 5.23. The fourth-order valence-electron chi connectivity index (χ4n) is 4.01. The van der Waals surface area contributed by atoms with Crippen LogP contribution in [0.1, 0.15) is 35.2 Å². The normalized spacial score (nSPS) is 17.9. The van der Waals surface area contributed by atoms with E-state index in [4.69, 9.17) is 4.74 Å². The number of benzene rings is 2. The van der Waals surface area contributed by atoms with Crippen molar-refractivity contribution >= 4 is 23.6 Å². The van der Waals surface area contributed by atoms with Gasteiger partial charge in [-0.2, -0.15) is 0 Å². The van der Waals surface area contributed by atoms with Gasteiger partial charge in [0, 0.05) is 5.69 Å². The third-order valence-electron chi connectivity index (χ3n) is 5.72. The smallest absolute Gasteiger partial charge is 0.338 e. The summed E-state index contributed by atoms with van der Waals surface area (Å²) in [6, 6.07) is 12.4. The van der Waals surface area contributed by atoms with Gasteiger partial charge in [-0.15, -0.1) is 0 Å². The summed E-state index contributed by atoms with van der Waals surface area (Å²) in [6.45, 7) is 5.68. The molecule has 2 N–H and O–H groups in total. The molecule has 7 nitrogen and oxygen atoms in total. The van der Waals surface area contributed by atoms with Crippen LogP contribution in [0.2, 0.25) is 0 Å². The zero-order chi connectivity index (χ0) is 22.1. The number of cyclic esters (lactones) is 1. The van der Waals surface area contributed by atoms with Gasteiger partial charge in [-0.1, -0.05) is 55.0 Å². The summed E-state index contributed by atoms with van der Waals surface area (Å²) in [6.07, 6.45) is 0.775. The highest BCUT2D eigenvalue weighted by atomic mass is 16.5. The second-order valence-electron chi connectivity index (χ2n) is 7.83. The minimum Gasteiger partial charge on any atom is -0.456 e. The predicted molar refractivity (Wildman–Crippen MR) is 116 cm³/mol. The Morgan fingerprint density at radius 3 is 2.61 bits per heavy atom. The van der Waals surface area contributed by atoms with Crippen molar-refractivity contribution in [3.8, 4) is 0 Å². The van der Waals surface area contributed by atoms with Gasteiger partial charge in [-0.25, -0.2) is 9.59 Å². The Labute approximate surface area is 181 Å². The number of nitrogens with one attached hydrogen (secondary N) is 2. The van der Waals surface area contributed by atoms with Gasteiger partial charge in [0.1, 0.15) is 13.2 Å². The Hall–Kier alpha value is -3.61. The fraction of sp³-hybridized carbons (Fsp3) is 0.292. The minimum atomic E-state index is -0.597. The zero-order valence-electron chi connectivity index (χ0n) is 17.8. The number of carbonyl (C=O) groups is 3. The maximum atomic E-state index is 12.9. The number of hydrogen-bond acceptors (Lipinski definition) is 4. The molecule has 0 aromatic heterocycles. The standard InChI is InChI=1S/C24H25N3O4/c1-4-16-7-5-6-15(3)21(16)25-19(28)12-27-18-13-31-23(29)20(18)22(26-24(27)30)17-10-8-14(2)9-11-17/h5-11,22H,4,12-13H2,1-3H3,(H,25,28)(H,26,30)/t22-/m0/s1. The number of ether oxygens (including phenoxy) is 1. The van der Waals surface area contributed by atoms with Gasteiger partial charge in [0.15, 0.2) is 0 Å². The quantitative estimate of drug-likeness (QED) is 0.728. The van der Waals surface area contributed by atoms with Gasteiger partial charge in [0.2, 0.25) is 5.91 Å². The lowest BCUT2D eigenvalue weighted by Gasteiger charge is -2.32. The van der Waals surface area contributed by atoms with E-state index in [0.717, 1.165) is 34.4 Å². The van der Waals surface area contributed by atoms with Crippen molar-refractivity contribution in [3.63, 3.8) is 0 Å². The monoisotopic (exact) mass is 419 g/mol. The molecule has 160 valence electrons. The van der Waals surface area contributed by atoms with Crippen LogP contribution in [-0.4, -0.2) is 36.0 Å². The summed E-state index contributed by atoms with van der Waals surface area (Å²) in [5.74, 6) is -0.808. The molecule has 2 aromatic rings. The lowest BCUT2D eigenvalue weighted by atomic mass is 9.95. The molecule has 0 radical (unpaired) electrons. The van der Waals surface area contributed by atoms with E-state index in [2.05, 4.69) is 10.6 Å². The zero-order valence-corrected chi connectivity index (χ0v) is 17.8. The first-order chi connectivity index (χ1) is 14.9. The van der Waals surface area contributed by atoms with Crippen molar-refractivity contribution in [2.24, 2.45) is 0 Å². The van der Waals surface area contributed by atoms with E-state index < -0.39 is 18.0 Å². The topological polar surface area (TPSA) is 87.7 Å². The number of hydrogen-bond donors (Lipinski definition) is 2. The van der Waals surface area contributed by atoms with E-state index in [9.17, 15) is 14.4 Å². The van der Waals surface area contributed by atoms with Gasteiger partial charge < -0.3 is 15.4 Å². The third-order valence-corrected chi connectivity index (χ3v) is 5.72. The number of carbonyl (C=O) groups excluding carboxylic acids is 3. The molecule has 2 aliphatic rings. The van der Waals surface area contributed by atoms with E-state index in [-0.39, 0.29) is 19.1 Å². The molecule has 2 aromatic carbocycles. The number of anilines is 1. The van der Waals surface area contributed by atoms with Crippen LogP contribution in [-0.2, 0) is 20.7 Å². The van der Waals surface area contributed by atoms with E-state index >= 15 is 0 Å². The molecule has 2 heterocycles. The molecule has 0 bridgehead atoms.